The molecule has 0 saturated heterocycles. The molecule has 1 N–H and O–H groups in total. The summed E-state index contributed by atoms with van der Waals surface area (Å²) in [7, 11) is 0. The molecule has 0 aliphatic rings. The average Bonchev–Trinajstić information content (AvgIpc) is 1.96. The summed E-state index contributed by atoms with van der Waals surface area (Å²) in [6.07, 6.45) is 0.713. The van der Waals surface area contributed by atoms with E-state index >= 15 is 0 Å². The zero-order valence-corrected chi connectivity index (χ0v) is 7.89. The number of hydrogen-bond donors (Lipinski definition) is 1. The lowest BCUT2D eigenvalue weighted by molar-refractivity contribution is 0.299. The van der Waals surface area contributed by atoms with Crippen LogP contribution in [0, 0.1) is 20.8 Å². The number of hydrogen-bond acceptors (Lipinski definition) is 2. The minimum atomic E-state index is 0.201. The highest BCUT2D eigenvalue weighted by atomic mass is 16.2. The van der Waals surface area contributed by atoms with E-state index in [1.165, 1.54) is 11.1 Å². The summed E-state index contributed by atoms with van der Waals surface area (Å²) in [6, 6.07) is 2.05. The summed E-state index contributed by atoms with van der Waals surface area (Å²) in [5.41, 5.74) is 4.50. The van der Waals surface area contributed by atoms with Crippen LogP contribution in [0.4, 0.5) is 0 Å². The molecule has 2 heteroatoms. The lowest BCUT2D eigenvalue weighted by Gasteiger charge is -2.08. The topological polar surface area (TPSA) is 33.1 Å². The molecule has 0 bridgehead atoms. The van der Waals surface area contributed by atoms with E-state index in [0.29, 0.717) is 6.42 Å². The van der Waals surface area contributed by atoms with Gasteiger partial charge >= 0.3 is 0 Å². The molecule has 66 valence electrons. The van der Waals surface area contributed by atoms with Crippen molar-refractivity contribution in [1.29, 1.82) is 0 Å². The molecule has 1 heterocycles. The Kier molecular flexibility index (Phi) is 2.82. The second-order valence-corrected chi connectivity index (χ2v) is 3.12. The number of pyridine rings is 1. The molecule has 0 atom stereocenters. The fourth-order valence-electron chi connectivity index (χ4n) is 1.54. The van der Waals surface area contributed by atoms with E-state index in [4.69, 9.17) is 5.11 Å². The highest BCUT2D eigenvalue weighted by Gasteiger charge is 2.03. The summed E-state index contributed by atoms with van der Waals surface area (Å²) in [5, 5.41) is 8.81. The third-order valence-electron chi connectivity index (χ3n) is 2.04. The van der Waals surface area contributed by atoms with E-state index in [1.807, 2.05) is 13.8 Å². The van der Waals surface area contributed by atoms with Crippen LogP contribution in [0.3, 0.4) is 0 Å². The van der Waals surface area contributed by atoms with Crippen LogP contribution in [0.2, 0.25) is 0 Å². The summed E-state index contributed by atoms with van der Waals surface area (Å²) in [4.78, 5) is 4.34. The summed E-state index contributed by atoms with van der Waals surface area (Å²) >= 11 is 0. The maximum absolute atomic E-state index is 8.81. The van der Waals surface area contributed by atoms with Crippen molar-refractivity contribution >= 4 is 0 Å². The first-order valence-electron chi connectivity index (χ1n) is 4.19. The van der Waals surface area contributed by atoms with Crippen molar-refractivity contribution in [3.8, 4) is 0 Å². The largest absolute Gasteiger partial charge is 0.396 e. The van der Waals surface area contributed by atoms with Crippen LogP contribution in [-0.4, -0.2) is 16.7 Å². The van der Waals surface area contributed by atoms with Crippen molar-refractivity contribution < 1.29 is 5.11 Å². The molecule has 12 heavy (non-hydrogen) atoms. The van der Waals surface area contributed by atoms with Gasteiger partial charge in [-0.05, 0) is 44.4 Å². The molecule has 0 aliphatic carbocycles. The van der Waals surface area contributed by atoms with Crippen LogP contribution >= 0.6 is 0 Å². The van der Waals surface area contributed by atoms with Crippen LogP contribution in [0.5, 0.6) is 0 Å². The Labute approximate surface area is 73.3 Å². The Balaban J connectivity index is 3.10. The maximum Gasteiger partial charge on any atom is 0.0472 e. The van der Waals surface area contributed by atoms with Crippen LogP contribution in [0.25, 0.3) is 0 Å². The van der Waals surface area contributed by atoms with E-state index in [-0.39, 0.29) is 6.61 Å². The molecule has 1 aromatic heterocycles. The van der Waals surface area contributed by atoms with Crippen LogP contribution < -0.4 is 0 Å². The predicted molar refractivity (Wildman–Crippen MR) is 49.2 cm³/mol. The van der Waals surface area contributed by atoms with E-state index in [9.17, 15) is 0 Å². The monoisotopic (exact) mass is 165 g/mol. The standard InChI is InChI=1S/C10H15NO/c1-7-6-8(2)11-9(3)10(7)4-5-12/h6,12H,4-5H2,1-3H3. The Hall–Kier alpha value is -0.890. The zero-order chi connectivity index (χ0) is 9.14. The molecule has 0 unspecified atom stereocenters. The van der Waals surface area contributed by atoms with E-state index in [0.717, 1.165) is 11.4 Å². The third kappa shape index (κ3) is 1.83. The molecule has 0 radical (unpaired) electrons. The lowest BCUT2D eigenvalue weighted by atomic mass is 10.0. The minimum Gasteiger partial charge on any atom is -0.396 e. The van der Waals surface area contributed by atoms with Gasteiger partial charge in [-0.3, -0.25) is 4.98 Å². The number of rotatable bonds is 2. The molecule has 0 saturated carbocycles. The Morgan fingerprint density at radius 3 is 2.50 bits per heavy atom. The first kappa shape index (κ1) is 9.20. The maximum atomic E-state index is 8.81. The number of aromatic nitrogens is 1. The van der Waals surface area contributed by atoms with Gasteiger partial charge in [0.05, 0.1) is 0 Å². The highest BCUT2D eigenvalue weighted by Crippen LogP contribution is 2.13. The fraction of sp³-hybridized carbons (Fsp3) is 0.500. The average molecular weight is 165 g/mol. The second-order valence-electron chi connectivity index (χ2n) is 3.12. The van der Waals surface area contributed by atoms with Crippen LogP contribution in [0.15, 0.2) is 6.07 Å². The van der Waals surface area contributed by atoms with Crippen molar-refractivity contribution in [1.82, 2.24) is 4.98 Å². The molecular weight excluding hydrogens is 150 g/mol. The molecule has 1 rings (SSSR count). The summed E-state index contributed by atoms with van der Waals surface area (Å²) in [6.45, 7) is 6.24. The van der Waals surface area contributed by atoms with Crippen molar-refractivity contribution in [2.24, 2.45) is 0 Å². The molecular formula is C10H15NO. The van der Waals surface area contributed by atoms with Crippen molar-refractivity contribution in [2.45, 2.75) is 27.2 Å². The molecule has 1 aromatic rings. The fourth-order valence-corrected chi connectivity index (χ4v) is 1.54. The van der Waals surface area contributed by atoms with Gasteiger partial charge in [-0.25, -0.2) is 0 Å². The number of aryl methyl sites for hydroxylation is 3. The first-order valence-corrected chi connectivity index (χ1v) is 4.19. The van der Waals surface area contributed by atoms with Gasteiger partial charge in [0, 0.05) is 18.0 Å². The van der Waals surface area contributed by atoms with Gasteiger partial charge in [-0.1, -0.05) is 0 Å². The Bertz CT molecular complexity index is 258. The number of aliphatic hydroxyl groups excluding tert-OH is 1. The van der Waals surface area contributed by atoms with Gasteiger partial charge in [0.15, 0.2) is 0 Å². The van der Waals surface area contributed by atoms with E-state index < -0.39 is 0 Å². The summed E-state index contributed by atoms with van der Waals surface area (Å²) < 4.78 is 0. The smallest absolute Gasteiger partial charge is 0.0472 e. The van der Waals surface area contributed by atoms with Crippen LogP contribution in [-0.2, 0) is 6.42 Å². The third-order valence-corrected chi connectivity index (χ3v) is 2.04. The molecule has 2 nitrogen and oxygen atoms in total. The quantitative estimate of drug-likeness (QED) is 0.721. The molecule has 0 aliphatic heterocycles. The van der Waals surface area contributed by atoms with Gasteiger partial charge in [-0.15, -0.1) is 0 Å². The van der Waals surface area contributed by atoms with Gasteiger partial charge in [0.1, 0.15) is 0 Å². The second kappa shape index (κ2) is 3.68. The molecule has 0 aromatic carbocycles. The molecule has 0 fully saturated rings. The van der Waals surface area contributed by atoms with Crippen molar-refractivity contribution in [2.75, 3.05) is 6.61 Å². The van der Waals surface area contributed by atoms with Gasteiger partial charge in [0.25, 0.3) is 0 Å². The first-order chi connectivity index (χ1) is 5.65. The Morgan fingerprint density at radius 2 is 2.00 bits per heavy atom. The van der Waals surface area contributed by atoms with Crippen molar-refractivity contribution in [3.05, 3.63) is 28.6 Å². The zero-order valence-electron chi connectivity index (χ0n) is 7.89. The Morgan fingerprint density at radius 1 is 1.33 bits per heavy atom. The minimum absolute atomic E-state index is 0.201. The lowest BCUT2D eigenvalue weighted by Crippen LogP contribution is -2.01. The van der Waals surface area contributed by atoms with Crippen molar-refractivity contribution in [3.63, 3.8) is 0 Å². The van der Waals surface area contributed by atoms with Gasteiger partial charge < -0.3 is 5.11 Å². The number of aliphatic hydroxyl groups is 1. The van der Waals surface area contributed by atoms with E-state index in [1.54, 1.807) is 0 Å². The van der Waals surface area contributed by atoms with Gasteiger partial charge in [-0.2, -0.15) is 0 Å². The highest BCUT2D eigenvalue weighted by molar-refractivity contribution is 5.30. The molecule has 0 spiro atoms. The summed E-state index contributed by atoms with van der Waals surface area (Å²) in [5.74, 6) is 0. The van der Waals surface area contributed by atoms with Crippen LogP contribution in [0.1, 0.15) is 22.5 Å². The van der Waals surface area contributed by atoms with Gasteiger partial charge in [0.2, 0.25) is 0 Å². The number of nitrogens with zero attached hydrogens (tertiary/aromatic N) is 1. The molecule has 0 amide bonds. The van der Waals surface area contributed by atoms with E-state index in [2.05, 4.69) is 18.0 Å². The predicted octanol–water partition coefficient (Wildman–Crippen LogP) is 1.54. The SMILES string of the molecule is Cc1cc(C)c(CCO)c(C)n1. The normalized spacial score (nSPS) is 10.3.